The largest absolute Gasteiger partial charge is 0.490 e. The lowest BCUT2D eigenvalue weighted by Crippen LogP contribution is -2.47. The number of carbonyl (C=O) groups is 3. The van der Waals surface area contributed by atoms with Crippen molar-refractivity contribution < 1.29 is 47.2 Å². The molecule has 1 heterocycles. The predicted molar refractivity (Wildman–Crippen MR) is 171 cm³/mol. The van der Waals surface area contributed by atoms with Crippen molar-refractivity contribution in [3.05, 3.63) is 59.2 Å². The van der Waals surface area contributed by atoms with Crippen LogP contribution in [0.2, 0.25) is 0 Å². The number of carboxylic acids is 1. The number of carbonyl (C=O) groups excluding carboxylic acids is 2. The molecule has 0 aliphatic carbocycles. The molecule has 0 bridgehead atoms. The van der Waals surface area contributed by atoms with Crippen LogP contribution in [0.4, 0.5) is 18.9 Å². The maximum absolute atomic E-state index is 14.2. The van der Waals surface area contributed by atoms with Crippen LogP contribution in [-0.2, 0) is 16.1 Å². The van der Waals surface area contributed by atoms with Gasteiger partial charge in [0.2, 0.25) is 5.91 Å². The normalized spacial score (nSPS) is 20.6. The molecule has 0 saturated carbocycles. The van der Waals surface area contributed by atoms with E-state index in [0.29, 0.717) is 26.1 Å². The molecule has 1 aliphatic heterocycles. The van der Waals surface area contributed by atoms with Gasteiger partial charge in [-0.25, -0.2) is 4.79 Å². The van der Waals surface area contributed by atoms with Crippen LogP contribution < -0.4 is 10.1 Å². The first-order valence-electron chi connectivity index (χ1n) is 15.9. The zero-order chi connectivity index (χ0) is 34.7. The Morgan fingerprint density at radius 2 is 1.83 bits per heavy atom. The average Bonchev–Trinajstić information content (AvgIpc) is 3.01. The summed E-state index contributed by atoms with van der Waals surface area (Å²) < 4.78 is 50.5. The van der Waals surface area contributed by atoms with Gasteiger partial charge < -0.3 is 29.9 Å². The fraction of sp³-hybridized carbons (Fsp3) is 0.559. The zero-order valence-electron chi connectivity index (χ0n) is 27.4. The van der Waals surface area contributed by atoms with E-state index in [1.54, 1.807) is 31.2 Å². The van der Waals surface area contributed by atoms with E-state index in [1.165, 1.54) is 23.1 Å². The molecule has 13 heteroatoms. The minimum atomic E-state index is -4.48. The van der Waals surface area contributed by atoms with E-state index in [1.807, 2.05) is 20.9 Å². The van der Waals surface area contributed by atoms with Gasteiger partial charge in [0.25, 0.3) is 5.91 Å². The number of hydrogen-bond donors (Lipinski definition) is 3. The number of aliphatic hydroxyl groups is 1. The van der Waals surface area contributed by atoms with Crippen molar-refractivity contribution in [3.8, 4) is 5.75 Å². The molecule has 0 radical (unpaired) electrons. The molecule has 10 nitrogen and oxygen atoms in total. The third-order valence-electron chi connectivity index (χ3n) is 8.12. The summed E-state index contributed by atoms with van der Waals surface area (Å²) in [5.74, 6) is -2.21. The molecule has 0 fully saturated rings. The molecule has 0 aromatic heterocycles. The number of ether oxygens (including phenoxy) is 2. The molecular formula is C34H46F3N3O7. The topological polar surface area (TPSA) is 129 Å². The Bertz CT molecular complexity index is 1340. The van der Waals surface area contributed by atoms with Gasteiger partial charge in [0.1, 0.15) is 5.75 Å². The molecular weight excluding hydrogens is 619 g/mol. The molecule has 2 aromatic carbocycles. The van der Waals surface area contributed by atoms with Gasteiger partial charge in [-0.05, 0) is 76.1 Å². The van der Waals surface area contributed by atoms with E-state index in [-0.39, 0.29) is 53.8 Å². The number of fused-ring (bicyclic) bond motifs is 1. The number of likely N-dealkylation sites (N-methyl/N-ethyl adjacent to an activating group) is 1. The molecule has 1 aliphatic rings. The number of amides is 2. The summed E-state index contributed by atoms with van der Waals surface area (Å²) in [6.07, 6.45) is -4.80. The second-order valence-electron chi connectivity index (χ2n) is 12.4. The van der Waals surface area contributed by atoms with Crippen molar-refractivity contribution in [1.29, 1.82) is 0 Å². The third-order valence-corrected chi connectivity index (χ3v) is 8.12. The first-order chi connectivity index (χ1) is 22.2. The SMILES string of the molecule is C[C@@H]1CCCCO[C@@H](CN(C)Cc2ccc(C(=O)O)cc2)[C@@H](C)CN([C@@H](C)CO)C(=O)c2cc(NC(=O)CCC(F)(F)F)ccc2O1. The lowest BCUT2D eigenvalue weighted by Gasteiger charge is -2.36. The van der Waals surface area contributed by atoms with Gasteiger partial charge in [0.15, 0.2) is 0 Å². The molecule has 3 rings (SSSR count). The molecule has 2 amide bonds. The lowest BCUT2D eigenvalue weighted by atomic mass is 10.0. The molecule has 4 atom stereocenters. The van der Waals surface area contributed by atoms with Crippen LogP contribution in [0, 0.1) is 5.92 Å². The van der Waals surface area contributed by atoms with Crippen LogP contribution >= 0.6 is 0 Å². The van der Waals surface area contributed by atoms with E-state index in [9.17, 15) is 37.8 Å². The van der Waals surface area contributed by atoms with Gasteiger partial charge in [0.05, 0.1) is 42.4 Å². The van der Waals surface area contributed by atoms with Crippen LogP contribution in [0.3, 0.4) is 0 Å². The summed E-state index contributed by atoms with van der Waals surface area (Å²) in [7, 11) is 1.94. The molecule has 0 spiro atoms. The number of halogens is 3. The number of nitrogens with zero attached hydrogens (tertiary/aromatic N) is 2. The number of alkyl halides is 3. The van der Waals surface area contributed by atoms with E-state index in [4.69, 9.17) is 9.47 Å². The van der Waals surface area contributed by atoms with Crippen LogP contribution in [0.1, 0.15) is 79.2 Å². The summed E-state index contributed by atoms with van der Waals surface area (Å²) in [6, 6.07) is 10.5. The van der Waals surface area contributed by atoms with Gasteiger partial charge >= 0.3 is 12.1 Å². The van der Waals surface area contributed by atoms with Gasteiger partial charge in [-0.1, -0.05) is 19.1 Å². The monoisotopic (exact) mass is 665 g/mol. The maximum Gasteiger partial charge on any atom is 0.389 e. The number of nitrogens with one attached hydrogen (secondary N) is 1. The molecule has 2 aromatic rings. The van der Waals surface area contributed by atoms with E-state index in [0.717, 1.165) is 18.4 Å². The van der Waals surface area contributed by atoms with Crippen molar-refractivity contribution in [1.82, 2.24) is 9.80 Å². The minimum Gasteiger partial charge on any atom is -0.490 e. The van der Waals surface area contributed by atoms with Gasteiger partial charge in [-0.15, -0.1) is 0 Å². The second kappa shape index (κ2) is 17.5. The first-order valence-corrected chi connectivity index (χ1v) is 15.9. The van der Waals surface area contributed by atoms with Gasteiger partial charge in [-0.3, -0.25) is 14.5 Å². The van der Waals surface area contributed by atoms with Crippen LogP contribution in [0.5, 0.6) is 5.75 Å². The van der Waals surface area contributed by atoms with E-state index < -0.39 is 42.8 Å². The zero-order valence-corrected chi connectivity index (χ0v) is 27.4. The highest BCUT2D eigenvalue weighted by atomic mass is 19.4. The standard InChI is InChI=1S/C34H46F3N3O7/c1-22-18-40(23(2)21-41)32(43)28-17-27(38-31(42)14-15-34(35,36)37)12-13-29(28)47-24(3)7-5-6-16-46-30(22)20-39(4)19-25-8-10-26(11-9-25)33(44)45/h8-13,17,22-24,30,41H,5-7,14-16,18-21H2,1-4H3,(H,38,42)(H,44,45)/t22-,23-,24+,30-/m0/s1. The van der Waals surface area contributed by atoms with E-state index in [2.05, 4.69) is 10.2 Å². The molecule has 3 N–H and O–H groups in total. The summed E-state index contributed by atoms with van der Waals surface area (Å²) >= 11 is 0. The van der Waals surface area contributed by atoms with Crippen LogP contribution in [0.15, 0.2) is 42.5 Å². The number of rotatable bonds is 10. The smallest absolute Gasteiger partial charge is 0.389 e. The van der Waals surface area contributed by atoms with Crippen molar-refractivity contribution in [2.45, 2.75) is 83.8 Å². The second-order valence-corrected chi connectivity index (χ2v) is 12.4. The Morgan fingerprint density at radius 3 is 2.47 bits per heavy atom. The maximum atomic E-state index is 14.2. The number of hydrogen-bond acceptors (Lipinski definition) is 7. The Kier molecular flexibility index (Phi) is 14.0. The van der Waals surface area contributed by atoms with Crippen molar-refractivity contribution >= 4 is 23.5 Å². The average molecular weight is 666 g/mol. The summed E-state index contributed by atoms with van der Waals surface area (Å²) in [5, 5.41) is 21.8. The highest BCUT2D eigenvalue weighted by molar-refractivity contribution is 5.99. The van der Waals surface area contributed by atoms with Gasteiger partial charge in [-0.2, -0.15) is 13.2 Å². The Hall–Kier alpha value is -3.68. The highest BCUT2D eigenvalue weighted by Gasteiger charge is 2.31. The number of carboxylic acid groups (broad SMARTS) is 1. The quantitative estimate of drug-likeness (QED) is 0.300. The number of anilines is 1. The molecule has 260 valence electrons. The predicted octanol–water partition coefficient (Wildman–Crippen LogP) is 5.59. The lowest BCUT2D eigenvalue weighted by molar-refractivity contribution is -0.142. The molecule has 0 saturated heterocycles. The third kappa shape index (κ3) is 12.1. The number of benzene rings is 2. The Morgan fingerprint density at radius 1 is 1.13 bits per heavy atom. The highest BCUT2D eigenvalue weighted by Crippen LogP contribution is 2.29. The van der Waals surface area contributed by atoms with Gasteiger partial charge in [0, 0.05) is 44.3 Å². The summed E-state index contributed by atoms with van der Waals surface area (Å²) in [6.45, 7) is 7.00. The van der Waals surface area contributed by atoms with E-state index >= 15 is 0 Å². The fourth-order valence-electron chi connectivity index (χ4n) is 5.38. The molecule has 47 heavy (non-hydrogen) atoms. The molecule has 0 unspecified atom stereocenters. The Labute approximate surface area is 273 Å². The van der Waals surface area contributed by atoms with Crippen LogP contribution in [-0.4, -0.2) is 95.6 Å². The Balaban J connectivity index is 1.87. The summed E-state index contributed by atoms with van der Waals surface area (Å²) in [5.41, 5.74) is 1.42. The number of aromatic carboxylic acids is 1. The fourth-order valence-corrected chi connectivity index (χ4v) is 5.38. The van der Waals surface area contributed by atoms with Crippen molar-refractivity contribution in [2.75, 3.05) is 38.7 Å². The van der Waals surface area contributed by atoms with Crippen LogP contribution in [0.25, 0.3) is 0 Å². The summed E-state index contributed by atoms with van der Waals surface area (Å²) in [4.78, 5) is 41.3. The van der Waals surface area contributed by atoms with Crippen molar-refractivity contribution in [3.63, 3.8) is 0 Å². The number of aliphatic hydroxyl groups excluding tert-OH is 1. The van der Waals surface area contributed by atoms with Crippen molar-refractivity contribution in [2.24, 2.45) is 5.92 Å². The first kappa shape index (κ1) is 37.8. The minimum absolute atomic E-state index is 0.120.